The number of carbonyl (C=O) groups is 1. The quantitative estimate of drug-likeness (QED) is 0.916. The highest BCUT2D eigenvalue weighted by molar-refractivity contribution is 5.81. The van der Waals surface area contributed by atoms with Crippen LogP contribution in [0.5, 0.6) is 0 Å². The Morgan fingerprint density at radius 2 is 1.90 bits per heavy atom. The van der Waals surface area contributed by atoms with Gasteiger partial charge >= 0.3 is 0 Å². The number of carbonyl (C=O) groups excluding carboxylic acids is 1. The minimum atomic E-state index is -0.247. The zero-order valence-electron chi connectivity index (χ0n) is 12.3. The average molecular weight is 286 g/mol. The van der Waals surface area contributed by atoms with Gasteiger partial charge in [-0.05, 0) is 36.2 Å². The topological polar surface area (TPSA) is 32.3 Å². The Bertz CT molecular complexity index is 613. The maximum atomic E-state index is 13.4. The monoisotopic (exact) mass is 286 g/mol. The Kier molecular flexibility index (Phi) is 4.93. The van der Waals surface area contributed by atoms with Crippen LogP contribution in [0.2, 0.25) is 0 Å². The molecule has 4 heteroatoms. The zero-order valence-corrected chi connectivity index (χ0v) is 12.3. The molecule has 2 aromatic rings. The molecule has 0 spiro atoms. The second-order valence-electron chi connectivity index (χ2n) is 5.05. The molecule has 0 saturated carbocycles. The molecule has 0 radical (unpaired) electrons. The first-order valence-corrected chi connectivity index (χ1v) is 6.84. The molecule has 0 aromatic heterocycles. The molecule has 0 aliphatic carbocycles. The third-order valence-electron chi connectivity index (χ3n) is 3.30. The lowest BCUT2D eigenvalue weighted by molar-refractivity contribution is -0.119. The summed E-state index contributed by atoms with van der Waals surface area (Å²) in [5.74, 6) is -0.342. The first-order valence-electron chi connectivity index (χ1n) is 6.84. The fourth-order valence-corrected chi connectivity index (χ4v) is 1.99. The molecule has 0 aliphatic rings. The summed E-state index contributed by atoms with van der Waals surface area (Å²) in [6.45, 7) is 2.31. The molecular weight excluding hydrogens is 267 g/mol. The van der Waals surface area contributed by atoms with Crippen molar-refractivity contribution in [2.24, 2.45) is 0 Å². The van der Waals surface area contributed by atoms with E-state index >= 15 is 0 Å². The van der Waals surface area contributed by atoms with E-state index in [2.05, 4.69) is 5.32 Å². The van der Waals surface area contributed by atoms with E-state index in [4.69, 9.17) is 0 Å². The molecule has 3 nitrogen and oxygen atoms in total. The summed E-state index contributed by atoms with van der Waals surface area (Å²) in [4.78, 5) is 13.8. The van der Waals surface area contributed by atoms with Gasteiger partial charge in [-0.2, -0.15) is 0 Å². The van der Waals surface area contributed by atoms with Crippen LogP contribution in [0, 0.1) is 12.7 Å². The van der Waals surface area contributed by atoms with Crippen molar-refractivity contribution in [1.82, 2.24) is 5.32 Å². The van der Waals surface area contributed by atoms with Gasteiger partial charge in [0.25, 0.3) is 0 Å². The van der Waals surface area contributed by atoms with E-state index in [1.807, 2.05) is 48.3 Å². The second kappa shape index (κ2) is 6.88. The Labute approximate surface area is 124 Å². The van der Waals surface area contributed by atoms with Crippen LogP contribution in [0.4, 0.5) is 10.1 Å². The summed E-state index contributed by atoms with van der Waals surface area (Å²) in [5.41, 5.74) is 2.34. The van der Waals surface area contributed by atoms with Gasteiger partial charge in [0, 0.05) is 19.3 Å². The van der Waals surface area contributed by atoms with Gasteiger partial charge in [0.05, 0.1) is 6.54 Å². The Balaban J connectivity index is 1.86. The van der Waals surface area contributed by atoms with E-state index in [1.54, 1.807) is 13.0 Å². The molecule has 0 aliphatic heterocycles. The number of likely N-dealkylation sites (N-methyl/N-ethyl adjacent to an activating group) is 1. The van der Waals surface area contributed by atoms with Crippen LogP contribution in [0.1, 0.15) is 11.1 Å². The second-order valence-corrected chi connectivity index (χ2v) is 5.05. The lowest BCUT2D eigenvalue weighted by Crippen LogP contribution is -2.34. The van der Waals surface area contributed by atoms with Crippen LogP contribution in [0.15, 0.2) is 48.5 Å². The van der Waals surface area contributed by atoms with Gasteiger partial charge in [-0.1, -0.05) is 30.3 Å². The number of hydrogen-bond acceptors (Lipinski definition) is 2. The van der Waals surface area contributed by atoms with Gasteiger partial charge < -0.3 is 10.2 Å². The molecule has 1 N–H and O–H groups in total. The van der Waals surface area contributed by atoms with Crippen LogP contribution < -0.4 is 10.2 Å². The number of rotatable bonds is 5. The van der Waals surface area contributed by atoms with Crippen molar-refractivity contribution in [2.45, 2.75) is 13.5 Å². The fourth-order valence-electron chi connectivity index (χ4n) is 1.99. The Hall–Kier alpha value is -2.36. The number of anilines is 1. The third kappa shape index (κ3) is 4.31. The molecule has 1 amide bonds. The van der Waals surface area contributed by atoms with Crippen LogP contribution >= 0.6 is 0 Å². The van der Waals surface area contributed by atoms with Gasteiger partial charge in [0.2, 0.25) is 5.91 Å². The summed E-state index contributed by atoms with van der Waals surface area (Å²) in [5, 5.41) is 2.80. The van der Waals surface area contributed by atoms with Crippen molar-refractivity contribution >= 4 is 11.6 Å². The van der Waals surface area contributed by atoms with Gasteiger partial charge in [0.15, 0.2) is 0 Å². The predicted octanol–water partition coefficient (Wildman–Crippen LogP) is 2.89. The smallest absolute Gasteiger partial charge is 0.239 e. The van der Waals surface area contributed by atoms with Crippen molar-refractivity contribution in [2.75, 3.05) is 18.5 Å². The van der Waals surface area contributed by atoms with Crippen LogP contribution in [0.25, 0.3) is 0 Å². The summed E-state index contributed by atoms with van der Waals surface area (Å²) >= 11 is 0. The van der Waals surface area contributed by atoms with E-state index < -0.39 is 0 Å². The van der Waals surface area contributed by atoms with E-state index in [1.165, 1.54) is 6.07 Å². The highest BCUT2D eigenvalue weighted by Gasteiger charge is 2.07. The molecule has 0 heterocycles. The number of benzene rings is 2. The zero-order chi connectivity index (χ0) is 15.2. The van der Waals surface area contributed by atoms with Gasteiger partial charge in [-0.15, -0.1) is 0 Å². The Morgan fingerprint density at radius 3 is 2.57 bits per heavy atom. The largest absolute Gasteiger partial charge is 0.365 e. The third-order valence-corrected chi connectivity index (χ3v) is 3.30. The summed E-state index contributed by atoms with van der Waals surface area (Å²) in [6.07, 6.45) is 0. The molecule has 21 heavy (non-hydrogen) atoms. The predicted molar refractivity (Wildman–Crippen MR) is 82.7 cm³/mol. The van der Waals surface area contributed by atoms with Crippen molar-refractivity contribution in [3.63, 3.8) is 0 Å². The van der Waals surface area contributed by atoms with Crippen molar-refractivity contribution in [1.29, 1.82) is 0 Å². The van der Waals surface area contributed by atoms with Crippen LogP contribution in [0.3, 0.4) is 0 Å². The van der Waals surface area contributed by atoms with Gasteiger partial charge in [0.1, 0.15) is 5.82 Å². The summed E-state index contributed by atoms with van der Waals surface area (Å²) in [6, 6.07) is 14.7. The number of nitrogens with one attached hydrogen (secondary N) is 1. The van der Waals surface area contributed by atoms with E-state index in [0.717, 1.165) is 11.3 Å². The van der Waals surface area contributed by atoms with Crippen molar-refractivity contribution in [3.8, 4) is 0 Å². The number of amides is 1. The van der Waals surface area contributed by atoms with E-state index in [9.17, 15) is 9.18 Å². The van der Waals surface area contributed by atoms with Gasteiger partial charge in [-0.25, -0.2) is 4.39 Å². The molecule has 0 saturated heterocycles. The highest BCUT2D eigenvalue weighted by atomic mass is 19.1. The first kappa shape index (κ1) is 15.0. The normalized spacial score (nSPS) is 10.2. The Morgan fingerprint density at radius 1 is 1.19 bits per heavy atom. The lowest BCUT2D eigenvalue weighted by atomic mass is 10.1. The van der Waals surface area contributed by atoms with Crippen LogP contribution in [-0.2, 0) is 11.3 Å². The average Bonchev–Trinajstić information content (AvgIpc) is 2.49. The van der Waals surface area contributed by atoms with Crippen molar-refractivity contribution in [3.05, 3.63) is 65.5 Å². The number of aryl methyl sites for hydroxylation is 1. The maximum Gasteiger partial charge on any atom is 0.239 e. The number of hydrogen-bond donors (Lipinski definition) is 1. The molecule has 0 fully saturated rings. The number of nitrogens with zero attached hydrogens (tertiary/aromatic N) is 1. The summed E-state index contributed by atoms with van der Waals surface area (Å²) in [7, 11) is 1.86. The van der Waals surface area contributed by atoms with Crippen LogP contribution in [-0.4, -0.2) is 19.5 Å². The standard InChI is InChI=1S/C17H19FN2O/c1-13-8-9-14(10-16(13)18)11-19-17(21)12-20(2)15-6-4-3-5-7-15/h3-10H,11-12H2,1-2H3,(H,19,21). The minimum absolute atomic E-state index is 0.0951. The molecule has 0 unspecified atom stereocenters. The van der Waals surface area contributed by atoms with Crippen molar-refractivity contribution < 1.29 is 9.18 Å². The maximum absolute atomic E-state index is 13.4. The fraction of sp³-hybridized carbons (Fsp3) is 0.235. The highest BCUT2D eigenvalue weighted by Crippen LogP contribution is 2.11. The molecule has 2 aromatic carbocycles. The number of para-hydroxylation sites is 1. The van der Waals surface area contributed by atoms with E-state index in [0.29, 0.717) is 12.1 Å². The SMILES string of the molecule is Cc1ccc(CNC(=O)CN(C)c2ccccc2)cc1F. The molecule has 0 atom stereocenters. The minimum Gasteiger partial charge on any atom is -0.365 e. The first-order chi connectivity index (χ1) is 10.1. The summed E-state index contributed by atoms with van der Waals surface area (Å²) < 4.78 is 13.4. The molecule has 2 rings (SSSR count). The molecular formula is C17H19FN2O. The number of halogens is 1. The van der Waals surface area contributed by atoms with E-state index in [-0.39, 0.29) is 18.3 Å². The van der Waals surface area contributed by atoms with Gasteiger partial charge in [-0.3, -0.25) is 4.79 Å². The molecule has 110 valence electrons. The molecule has 0 bridgehead atoms. The lowest BCUT2D eigenvalue weighted by Gasteiger charge is -2.18.